The maximum absolute atomic E-state index is 11.2. The lowest BCUT2D eigenvalue weighted by molar-refractivity contribution is -0.132. The van der Waals surface area contributed by atoms with Crippen LogP contribution in [0.4, 0.5) is 0 Å². The molecule has 0 heterocycles. The van der Waals surface area contributed by atoms with Gasteiger partial charge in [-0.25, -0.2) is 0 Å². The van der Waals surface area contributed by atoms with E-state index in [2.05, 4.69) is 0 Å². The molecule has 0 aromatic carbocycles. The number of hydrogen-bond donors (Lipinski definition) is 0. The summed E-state index contributed by atoms with van der Waals surface area (Å²) in [6.45, 7) is 0. The Hall–Kier alpha value is -0.330. The van der Waals surface area contributed by atoms with Gasteiger partial charge in [0.25, 0.3) is 0 Å². The lowest BCUT2D eigenvalue weighted by Gasteiger charge is -2.40. The standard InChI is InChI=1S/C8H10O/c9-8-5-1-4-2-7(8)6(4)3-5/h4-7H,1-3H2. The van der Waals surface area contributed by atoms with Crippen molar-refractivity contribution >= 4 is 5.78 Å². The number of carbonyl (C=O) groups is 1. The number of Topliss-reactive ketones (excluding diaryl/α,β-unsaturated/α-hetero) is 1. The van der Waals surface area contributed by atoms with Gasteiger partial charge in [-0.2, -0.15) is 0 Å². The third-order valence-electron chi connectivity index (χ3n) is 3.59. The zero-order valence-corrected chi connectivity index (χ0v) is 5.34. The Kier molecular flexibility index (Phi) is 0.544. The monoisotopic (exact) mass is 122 g/mol. The van der Waals surface area contributed by atoms with Crippen LogP contribution in [-0.2, 0) is 4.79 Å². The Morgan fingerprint density at radius 2 is 2.11 bits per heavy atom. The highest BCUT2D eigenvalue weighted by molar-refractivity contribution is 5.88. The molecule has 3 fully saturated rings. The van der Waals surface area contributed by atoms with Crippen molar-refractivity contribution in [2.75, 3.05) is 0 Å². The van der Waals surface area contributed by atoms with Crippen LogP contribution in [0, 0.1) is 23.7 Å². The summed E-state index contributed by atoms with van der Waals surface area (Å²) in [5.41, 5.74) is 0. The van der Waals surface area contributed by atoms with Gasteiger partial charge in [0.2, 0.25) is 0 Å². The van der Waals surface area contributed by atoms with E-state index in [4.69, 9.17) is 0 Å². The highest BCUT2D eigenvalue weighted by atomic mass is 16.1. The molecule has 1 heteroatoms. The van der Waals surface area contributed by atoms with Crippen LogP contribution in [-0.4, -0.2) is 5.78 Å². The second-order valence-electron chi connectivity index (χ2n) is 3.84. The summed E-state index contributed by atoms with van der Waals surface area (Å²) < 4.78 is 0. The molecule has 0 N–H and O–H groups in total. The molecular weight excluding hydrogens is 112 g/mol. The molecule has 0 aromatic rings. The Morgan fingerprint density at radius 3 is 2.44 bits per heavy atom. The fourth-order valence-corrected chi connectivity index (χ4v) is 3.09. The highest BCUT2D eigenvalue weighted by Crippen LogP contribution is 2.61. The van der Waals surface area contributed by atoms with Gasteiger partial charge in [0, 0.05) is 11.8 Å². The molecule has 3 saturated carbocycles. The fourth-order valence-electron chi connectivity index (χ4n) is 3.09. The van der Waals surface area contributed by atoms with Crippen LogP contribution >= 0.6 is 0 Å². The van der Waals surface area contributed by atoms with Crippen molar-refractivity contribution in [3.63, 3.8) is 0 Å². The minimum Gasteiger partial charge on any atom is -0.299 e. The van der Waals surface area contributed by atoms with Crippen LogP contribution in [0.2, 0.25) is 0 Å². The van der Waals surface area contributed by atoms with Gasteiger partial charge < -0.3 is 0 Å². The van der Waals surface area contributed by atoms with Gasteiger partial charge >= 0.3 is 0 Å². The molecule has 0 amide bonds. The van der Waals surface area contributed by atoms with Crippen LogP contribution in [0.1, 0.15) is 19.3 Å². The summed E-state index contributed by atoms with van der Waals surface area (Å²) in [4.78, 5) is 11.2. The molecule has 3 rings (SSSR count). The van der Waals surface area contributed by atoms with Gasteiger partial charge in [-0.05, 0) is 31.1 Å². The minimum absolute atomic E-state index is 0.527. The predicted octanol–water partition coefficient (Wildman–Crippen LogP) is 1.23. The third kappa shape index (κ3) is 0.322. The van der Waals surface area contributed by atoms with Gasteiger partial charge in [0.1, 0.15) is 5.78 Å². The number of hydrogen-bond acceptors (Lipinski definition) is 1. The van der Waals surface area contributed by atoms with Crippen molar-refractivity contribution in [2.24, 2.45) is 23.7 Å². The number of ketones is 1. The molecular formula is C8H10O. The smallest absolute Gasteiger partial charge is 0.139 e. The summed E-state index contributed by atoms with van der Waals surface area (Å²) >= 11 is 0. The molecule has 0 radical (unpaired) electrons. The Morgan fingerprint density at radius 1 is 1.22 bits per heavy atom. The van der Waals surface area contributed by atoms with Crippen molar-refractivity contribution < 1.29 is 4.79 Å². The first-order valence-corrected chi connectivity index (χ1v) is 3.90. The molecule has 3 aliphatic carbocycles. The van der Waals surface area contributed by atoms with Crippen LogP contribution in [0.25, 0.3) is 0 Å². The molecule has 4 atom stereocenters. The molecule has 0 aromatic heterocycles. The zero-order valence-electron chi connectivity index (χ0n) is 5.34. The number of fused-ring (bicyclic) bond motifs is 1. The van der Waals surface area contributed by atoms with E-state index in [9.17, 15) is 4.79 Å². The van der Waals surface area contributed by atoms with Gasteiger partial charge in [-0.1, -0.05) is 0 Å². The molecule has 2 bridgehead atoms. The van der Waals surface area contributed by atoms with E-state index in [0.717, 1.165) is 11.8 Å². The summed E-state index contributed by atoms with van der Waals surface area (Å²) in [5, 5.41) is 0. The Bertz CT molecular complexity index is 179. The zero-order chi connectivity index (χ0) is 6.01. The Labute approximate surface area is 54.4 Å². The van der Waals surface area contributed by atoms with Crippen molar-refractivity contribution in [1.82, 2.24) is 0 Å². The molecule has 4 unspecified atom stereocenters. The minimum atomic E-state index is 0.527. The first-order valence-electron chi connectivity index (χ1n) is 3.90. The molecule has 1 nitrogen and oxygen atoms in total. The molecule has 0 saturated heterocycles. The fraction of sp³-hybridized carbons (Fsp3) is 0.875. The summed E-state index contributed by atoms with van der Waals surface area (Å²) in [5.74, 6) is 3.54. The average Bonchev–Trinajstić information content (AvgIpc) is 2.20. The normalized spacial score (nSPS) is 60.2. The van der Waals surface area contributed by atoms with Crippen molar-refractivity contribution in [1.29, 1.82) is 0 Å². The quantitative estimate of drug-likeness (QED) is 0.472. The van der Waals surface area contributed by atoms with Crippen LogP contribution < -0.4 is 0 Å². The van der Waals surface area contributed by atoms with E-state index < -0.39 is 0 Å². The van der Waals surface area contributed by atoms with Gasteiger partial charge in [-0.15, -0.1) is 0 Å². The predicted molar refractivity (Wildman–Crippen MR) is 32.8 cm³/mol. The van der Waals surface area contributed by atoms with Crippen LogP contribution in [0.3, 0.4) is 0 Å². The summed E-state index contributed by atoms with van der Waals surface area (Å²) in [6, 6.07) is 0. The van der Waals surface area contributed by atoms with Gasteiger partial charge in [-0.3, -0.25) is 4.79 Å². The topological polar surface area (TPSA) is 17.1 Å². The molecule has 0 aliphatic heterocycles. The van der Waals surface area contributed by atoms with Crippen molar-refractivity contribution in [3.8, 4) is 0 Å². The molecule has 48 valence electrons. The lowest BCUT2D eigenvalue weighted by Crippen LogP contribution is -2.39. The second kappa shape index (κ2) is 1.09. The van der Waals surface area contributed by atoms with Crippen LogP contribution in [0.15, 0.2) is 0 Å². The Balaban J connectivity index is 2.09. The van der Waals surface area contributed by atoms with E-state index in [1.165, 1.54) is 19.3 Å². The molecule has 3 aliphatic rings. The average molecular weight is 122 g/mol. The van der Waals surface area contributed by atoms with E-state index in [1.54, 1.807) is 0 Å². The lowest BCUT2D eigenvalue weighted by atomic mass is 9.63. The van der Waals surface area contributed by atoms with Gasteiger partial charge in [0.05, 0.1) is 0 Å². The SMILES string of the molecule is O=C1C2CC3CC1C3C2. The highest BCUT2D eigenvalue weighted by Gasteiger charge is 2.59. The van der Waals surface area contributed by atoms with Gasteiger partial charge in [0.15, 0.2) is 0 Å². The maximum atomic E-state index is 11.2. The number of rotatable bonds is 0. The molecule has 9 heavy (non-hydrogen) atoms. The van der Waals surface area contributed by atoms with E-state index in [-0.39, 0.29) is 0 Å². The molecule has 0 spiro atoms. The maximum Gasteiger partial charge on any atom is 0.139 e. The first kappa shape index (κ1) is 4.48. The number of carbonyl (C=O) groups excluding carboxylic acids is 1. The summed E-state index contributed by atoms with van der Waals surface area (Å²) in [7, 11) is 0. The third-order valence-corrected chi connectivity index (χ3v) is 3.59. The largest absolute Gasteiger partial charge is 0.299 e. The van der Waals surface area contributed by atoms with Crippen LogP contribution in [0.5, 0.6) is 0 Å². The summed E-state index contributed by atoms with van der Waals surface area (Å²) in [6.07, 6.45) is 3.76. The van der Waals surface area contributed by atoms with E-state index in [0.29, 0.717) is 17.6 Å². The van der Waals surface area contributed by atoms with E-state index >= 15 is 0 Å². The second-order valence-corrected chi connectivity index (χ2v) is 3.84. The van der Waals surface area contributed by atoms with E-state index in [1.807, 2.05) is 0 Å². The van der Waals surface area contributed by atoms with Crippen molar-refractivity contribution in [3.05, 3.63) is 0 Å². The van der Waals surface area contributed by atoms with Crippen molar-refractivity contribution in [2.45, 2.75) is 19.3 Å². The first-order chi connectivity index (χ1) is 4.36.